The maximum absolute atomic E-state index is 12.0. The number of halogens is 1. The molecular weight excluding hydrogens is 330 g/mol. The molecule has 24 heavy (non-hydrogen) atoms. The third-order valence-electron chi connectivity index (χ3n) is 3.16. The Kier molecular flexibility index (Phi) is 4.72. The normalized spacial score (nSPS) is 10.4. The number of rotatable bonds is 5. The lowest BCUT2D eigenvalue weighted by Gasteiger charge is -2.09. The van der Waals surface area contributed by atoms with Crippen molar-refractivity contribution in [3.05, 3.63) is 59.6 Å². The molecule has 7 nitrogen and oxygen atoms in total. The highest BCUT2D eigenvalue weighted by Gasteiger charge is 2.07. The first-order valence-electron chi connectivity index (χ1n) is 7.13. The molecule has 2 heterocycles. The fraction of sp³-hybridized carbons (Fsp3) is 0.125. The van der Waals surface area contributed by atoms with Crippen LogP contribution in [0.1, 0.15) is 5.56 Å². The fourth-order valence-electron chi connectivity index (χ4n) is 1.98. The van der Waals surface area contributed by atoms with E-state index in [1.54, 1.807) is 47.4 Å². The number of aryl methyl sites for hydroxylation is 1. The van der Waals surface area contributed by atoms with E-state index in [1.807, 2.05) is 6.92 Å². The van der Waals surface area contributed by atoms with Gasteiger partial charge < -0.3 is 10.1 Å². The minimum absolute atomic E-state index is 0.137. The molecule has 8 heteroatoms. The van der Waals surface area contributed by atoms with Crippen LogP contribution in [0.4, 0.5) is 5.82 Å². The summed E-state index contributed by atoms with van der Waals surface area (Å²) >= 11 is 5.95. The van der Waals surface area contributed by atoms with Crippen LogP contribution in [0, 0.1) is 6.92 Å². The summed E-state index contributed by atoms with van der Waals surface area (Å²) in [5.74, 6) is 1.18. The Bertz CT molecular complexity index is 851. The average molecular weight is 344 g/mol. The van der Waals surface area contributed by atoms with Crippen molar-refractivity contribution in [2.24, 2.45) is 0 Å². The highest BCUT2D eigenvalue weighted by molar-refractivity contribution is 6.31. The summed E-state index contributed by atoms with van der Waals surface area (Å²) in [7, 11) is 0. The van der Waals surface area contributed by atoms with Gasteiger partial charge in [0.15, 0.2) is 12.4 Å². The standard InChI is InChI=1S/C16H14ClN5O2/c1-11-7-12(3-4-13(11)17)24-9-16(23)21-14-8-15(19-10-18-14)22-6-2-5-20-22/h2-8,10H,9H2,1H3,(H,18,19,21,23). The molecule has 2 aromatic heterocycles. The summed E-state index contributed by atoms with van der Waals surface area (Å²) in [6.07, 6.45) is 4.75. The van der Waals surface area contributed by atoms with Gasteiger partial charge in [0.25, 0.3) is 5.91 Å². The maximum Gasteiger partial charge on any atom is 0.263 e. The number of aromatic nitrogens is 4. The number of nitrogens with zero attached hydrogens (tertiary/aromatic N) is 4. The maximum atomic E-state index is 12.0. The zero-order valence-corrected chi connectivity index (χ0v) is 13.6. The Morgan fingerprint density at radius 1 is 1.33 bits per heavy atom. The van der Waals surface area contributed by atoms with Gasteiger partial charge in [-0.05, 0) is 36.8 Å². The molecule has 0 bridgehead atoms. The van der Waals surface area contributed by atoms with E-state index < -0.39 is 0 Å². The molecule has 1 aromatic carbocycles. The van der Waals surface area contributed by atoms with Crippen molar-refractivity contribution >= 4 is 23.3 Å². The molecule has 0 unspecified atom stereocenters. The average Bonchev–Trinajstić information content (AvgIpc) is 3.11. The summed E-state index contributed by atoms with van der Waals surface area (Å²) in [5.41, 5.74) is 0.884. The van der Waals surface area contributed by atoms with E-state index in [0.29, 0.717) is 22.4 Å². The molecule has 0 spiro atoms. The molecule has 3 rings (SSSR count). The van der Waals surface area contributed by atoms with Crippen molar-refractivity contribution in [3.63, 3.8) is 0 Å². The number of hydrogen-bond donors (Lipinski definition) is 1. The molecule has 3 aromatic rings. The molecule has 0 saturated heterocycles. The predicted molar refractivity (Wildman–Crippen MR) is 89.5 cm³/mol. The van der Waals surface area contributed by atoms with Gasteiger partial charge >= 0.3 is 0 Å². The first-order chi connectivity index (χ1) is 11.6. The van der Waals surface area contributed by atoms with E-state index in [4.69, 9.17) is 16.3 Å². The second-order valence-electron chi connectivity index (χ2n) is 4.96. The number of carbonyl (C=O) groups is 1. The van der Waals surface area contributed by atoms with E-state index in [2.05, 4.69) is 20.4 Å². The molecule has 1 amide bonds. The van der Waals surface area contributed by atoms with Crippen LogP contribution in [0.2, 0.25) is 5.02 Å². The minimum Gasteiger partial charge on any atom is -0.484 e. The van der Waals surface area contributed by atoms with Crippen molar-refractivity contribution in [3.8, 4) is 11.6 Å². The van der Waals surface area contributed by atoms with Gasteiger partial charge in [-0.1, -0.05) is 11.6 Å². The molecule has 0 aliphatic heterocycles. The van der Waals surface area contributed by atoms with E-state index in [9.17, 15) is 4.79 Å². The molecule has 0 saturated carbocycles. The van der Waals surface area contributed by atoms with Crippen molar-refractivity contribution in [1.29, 1.82) is 0 Å². The van der Waals surface area contributed by atoms with E-state index in [0.717, 1.165) is 5.56 Å². The van der Waals surface area contributed by atoms with Gasteiger partial charge in [0.1, 0.15) is 17.9 Å². The predicted octanol–water partition coefficient (Wildman–Crippen LogP) is 2.64. The van der Waals surface area contributed by atoms with Crippen LogP contribution >= 0.6 is 11.6 Å². The highest BCUT2D eigenvalue weighted by atomic mass is 35.5. The lowest BCUT2D eigenvalue weighted by atomic mass is 10.2. The van der Waals surface area contributed by atoms with Gasteiger partial charge in [0, 0.05) is 23.5 Å². The van der Waals surface area contributed by atoms with E-state index in [-0.39, 0.29) is 12.5 Å². The third-order valence-corrected chi connectivity index (χ3v) is 3.58. The number of benzene rings is 1. The second-order valence-corrected chi connectivity index (χ2v) is 5.37. The monoisotopic (exact) mass is 343 g/mol. The van der Waals surface area contributed by atoms with Crippen LogP contribution in [-0.4, -0.2) is 32.3 Å². The number of ether oxygens (including phenoxy) is 1. The Hall–Kier alpha value is -2.93. The Labute approximate surface area is 143 Å². The van der Waals surface area contributed by atoms with Crippen molar-refractivity contribution < 1.29 is 9.53 Å². The van der Waals surface area contributed by atoms with E-state index in [1.165, 1.54) is 6.33 Å². The summed E-state index contributed by atoms with van der Waals surface area (Å²) in [5, 5.41) is 7.39. The fourth-order valence-corrected chi connectivity index (χ4v) is 2.10. The van der Waals surface area contributed by atoms with Gasteiger partial charge in [0.05, 0.1) is 0 Å². The van der Waals surface area contributed by atoms with Crippen molar-refractivity contribution in [1.82, 2.24) is 19.7 Å². The van der Waals surface area contributed by atoms with Gasteiger partial charge in [-0.2, -0.15) is 5.10 Å². The first kappa shape index (κ1) is 15.9. The smallest absolute Gasteiger partial charge is 0.263 e. The number of hydrogen-bond acceptors (Lipinski definition) is 5. The zero-order chi connectivity index (χ0) is 16.9. The Balaban J connectivity index is 1.60. The summed E-state index contributed by atoms with van der Waals surface area (Å²) in [4.78, 5) is 20.1. The van der Waals surface area contributed by atoms with Crippen LogP contribution in [0.25, 0.3) is 5.82 Å². The lowest BCUT2D eigenvalue weighted by Crippen LogP contribution is -2.21. The number of anilines is 1. The first-order valence-corrected chi connectivity index (χ1v) is 7.50. The number of amides is 1. The van der Waals surface area contributed by atoms with Gasteiger partial charge in [-0.15, -0.1) is 0 Å². The third kappa shape index (κ3) is 3.88. The SMILES string of the molecule is Cc1cc(OCC(=O)Nc2cc(-n3cccn3)ncn2)ccc1Cl. The zero-order valence-electron chi connectivity index (χ0n) is 12.8. The summed E-state index contributed by atoms with van der Waals surface area (Å²) in [6, 6.07) is 8.61. The highest BCUT2D eigenvalue weighted by Crippen LogP contribution is 2.21. The summed E-state index contributed by atoms with van der Waals surface area (Å²) in [6.45, 7) is 1.73. The molecule has 0 atom stereocenters. The second kappa shape index (κ2) is 7.10. The van der Waals surface area contributed by atoms with Gasteiger partial charge in [-0.3, -0.25) is 4.79 Å². The topological polar surface area (TPSA) is 81.9 Å². The molecule has 0 radical (unpaired) electrons. The quantitative estimate of drug-likeness (QED) is 0.770. The summed E-state index contributed by atoms with van der Waals surface area (Å²) < 4.78 is 7.02. The molecule has 0 fully saturated rings. The van der Waals surface area contributed by atoms with Crippen LogP contribution in [0.3, 0.4) is 0 Å². The lowest BCUT2D eigenvalue weighted by molar-refractivity contribution is -0.118. The Morgan fingerprint density at radius 3 is 2.96 bits per heavy atom. The Morgan fingerprint density at radius 2 is 2.21 bits per heavy atom. The van der Waals surface area contributed by atoms with Gasteiger partial charge in [-0.25, -0.2) is 14.6 Å². The van der Waals surface area contributed by atoms with Crippen LogP contribution in [0.5, 0.6) is 5.75 Å². The molecule has 0 aliphatic rings. The van der Waals surface area contributed by atoms with Crippen molar-refractivity contribution in [2.75, 3.05) is 11.9 Å². The van der Waals surface area contributed by atoms with E-state index >= 15 is 0 Å². The number of carbonyl (C=O) groups excluding carboxylic acids is 1. The molecule has 1 N–H and O–H groups in total. The number of nitrogens with one attached hydrogen (secondary N) is 1. The van der Waals surface area contributed by atoms with Gasteiger partial charge in [0.2, 0.25) is 0 Å². The van der Waals surface area contributed by atoms with Crippen molar-refractivity contribution in [2.45, 2.75) is 6.92 Å². The molecule has 122 valence electrons. The largest absolute Gasteiger partial charge is 0.484 e. The molecular formula is C16H14ClN5O2. The van der Waals surface area contributed by atoms with Crippen LogP contribution in [-0.2, 0) is 4.79 Å². The minimum atomic E-state index is -0.326. The van der Waals surface area contributed by atoms with Crippen LogP contribution in [0.15, 0.2) is 49.1 Å². The molecule has 0 aliphatic carbocycles. The van der Waals surface area contributed by atoms with Crippen LogP contribution < -0.4 is 10.1 Å².